The highest BCUT2D eigenvalue weighted by molar-refractivity contribution is 5.80. The normalized spacial score (nSPS) is 12.6. The Balaban J connectivity index is 1.57. The maximum absolute atomic E-state index is 4.32. The zero-order chi connectivity index (χ0) is 18.2. The van der Waals surface area contributed by atoms with Crippen LogP contribution in [0.5, 0.6) is 0 Å². The van der Waals surface area contributed by atoms with Gasteiger partial charge in [0.25, 0.3) is 0 Å². The van der Waals surface area contributed by atoms with Crippen LogP contribution in [-0.2, 0) is 13.1 Å². The van der Waals surface area contributed by atoms with Crippen molar-refractivity contribution in [2.24, 2.45) is 4.99 Å². The molecular formula is C20H24N6. The van der Waals surface area contributed by atoms with Gasteiger partial charge in [-0.3, -0.25) is 4.99 Å². The molecular weight excluding hydrogens is 324 g/mol. The zero-order valence-corrected chi connectivity index (χ0v) is 15.1. The average Bonchev–Trinajstić information content (AvgIpc) is 3.19. The Hall–Kier alpha value is -3.15. The van der Waals surface area contributed by atoms with Gasteiger partial charge in [-0.25, -0.2) is 9.67 Å². The summed E-state index contributed by atoms with van der Waals surface area (Å²) in [5, 5.41) is 10.9. The van der Waals surface area contributed by atoms with E-state index in [9.17, 15) is 0 Å². The van der Waals surface area contributed by atoms with Crippen LogP contribution in [-0.4, -0.2) is 27.8 Å². The van der Waals surface area contributed by atoms with Crippen molar-refractivity contribution in [3.8, 4) is 0 Å². The maximum atomic E-state index is 4.32. The van der Waals surface area contributed by atoms with E-state index < -0.39 is 0 Å². The Kier molecular flexibility index (Phi) is 5.98. The lowest BCUT2D eigenvalue weighted by atomic mass is 10.1. The summed E-state index contributed by atoms with van der Waals surface area (Å²) in [6.07, 6.45) is 3.27. The molecule has 0 aliphatic rings. The van der Waals surface area contributed by atoms with Gasteiger partial charge in [0.05, 0.1) is 12.6 Å². The summed E-state index contributed by atoms with van der Waals surface area (Å²) < 4.78 is 1.81. The van der Waals surface area contributed by atoms with Crippen LogP contribution in [0.3, 0.4) is 0 Å². The molecule has 0 aliphatic heterocycles. The van der Waals surface area contributed by atoms with E-state index in [-0.39, 0.29) is 6.04 Å². The molecule has 0 bridgehead atoms. The van der Waals surface area contributed by atoms with E-state index in [2.05, 4.69) is 69.0 Å². The third kappa shape index (κ3) is 4.92. The van der Waals surface area contributed by atoms with Crippen LogP contribution in [0, 0.1) is 0 Å². The van der Waals surface area contributed by atoms with Crippen molar-refractivity contribution in [3.63, 3.8) is 0 Å². The highest BCUT2D eigenvalue weighted by Crippen LogP contribution is 2.11. The van der Waals surface area contributed by atoms with Gasteiger partial charge in [-0.05, 0) is 23.6 Å². The van der Waals surface area contributed by atoms with E-state index in [1.165, 1.54) is 16.7 Å². The van der Waals surface area contributed by atoms with Gasteiger partial charge in [-0.15, -0.1) is 0 Å². The number of nitrogens with one attached hydrogen (secondary N) is 2. The second-order valence-corrected chi connectivity index (χ2v) is 6.12. The first kappa shape index (κ1) is 17.7. The summed E-state index contributed by atoms with van der Waals surface area (Å²) in [7, 11) is 1.79. The van der Waals surface area contributed by atoms with E-state index >= 15 is 0 Å². The van der Waals surface area contributed by atoms with E-state index in [0.717, 1.165) is 5.96 Å². The largest absolute Gasteiger partial charge is 0.352 e. The van der Waals surface area contributed by atoms with E-state index in [4.69, 9.17) is 0 Å². The lowest BCUT2D eigenvalue weighted by molar-refractivity contribution is 0.679. The molecule has 0 radical (unpaired) electrons. The predicted octanol–water partition coefficient (Wildman–Crippen LogP) is 2.75. The first-order valence-corrected chi connectivity index (χ1v) is 8.67. The number of benzene rings is 2. The zero-order valence-electron chi connectivity index (χ0n) is 15.1. The van der Waals surface area contributed by atoms with Gasteiger partial charge in [-0.2, -0.15) is 5.10 Å². The van der Waals surface area contributed by atoms with Crippen LogP contribution in [0.4, 0.5) is 0 Å². The van der Waals surface area contributed by atoms with Crippen molar-refractivity contribution in [2.45, 2.75) is 26.1 Å². The highest BCUT2D eigenvalue weighted by atomic mass is 15.3. The summed E-state index contributed by atoms with van der Waals surface area (Å²) in [4.78, 5) is 8.30. The fraction of sp³-hybridized carbons (Fsp3) is 0.250. The number of rotatable bonds is 6. The SMILES string of the molecule is CN=C(NCc1cccc(Cn2cncn2)c1)NC(C)c1ccccc1. The van der Waals surface area contributed by atoms with E-state index in [0.29, 0.717) is 13.1 Å². The molecule has 0 spiro atoms. The smallest absolute Gasteiger partial charge is 0.191 e. The van der Waals surface area contributed by atoms with Crippen molar-refractivity contribution in [3.05, 3.63) is 83.9 Å². The second kappa shape index (κ2) is 8.80. The van der Waals surface area contributed by atoms with Crippen molar-refractivity contribution in [2.75, 3.05) is 7.05 Å². The molecule has 1 atom stereocenters. The van der Waals surface area contributed by atoms with Crippen molar-refractivity contribution >= 4 is 5.96 Å². The fourth-order valence-electron chi connectivity index (χ4n) is 2.75. The van der Waals surface area contributed by atoms with Gasteiger partial charge in [0.2, 0.25) is 0 Å². The van der Waals surface area contributed by atoms with Gasteiger partial charge < -0.3 is 10.6 Å². The van der Waals surface area contributed by atoms with Gasteiger partial charge in [0.1, 0.15) is 12.7 Å². The molecule has 26 heavy (non-hydrogen) atoms. The summed E-state index contributed by atoms with van der Waals surface area (Å²) in [6, 6.07) is 18.9. The Morgan fingerprint density at radius 3 is 2.65 bits per heavy atom. The third-order valence-corrected chi connectivity index (χ3v) is 4.14. The molecule has 0 amide bonds. The number of guanidine groups is 1. The molecule has 0 aliphatic carbocycles. The second-order valence-electron chi connectivity index (χ2n) is 6.12. The molecule has 1 unspecified atom stereocenters. The number of aliphatic imine (C=N–C) groups is 1. The summed E-state index contributed by atoms with van der Waals surface area (Å²) in [5.74, 6) is 0.781. The third-order valence-electron chi connectivity index (χ3n) is 4.14. The number of hydrogen-bond acceptors (Lipinski definition) is 3. The van der Waals surface area contributed by atoms with Crippen LogP contribution in [0.1, 0.15) is 29.7 Å². The molecule has 1 aromatic heterocycles. The molecule has 0 fully saturated rings. The van der Waals surface area contributed by atoms with E-state index in [1.807, 2.05) is 22.9 Å². The highest BCUT2D eigenvalue weighted by Gasteiger charge is 2.07. The minimum atomic E-state index is 0.182. The molecule has 3 aromatic rings. The molecule has 1 heterocycles. The Morgan fingerprint density at radius 2 is 1.92 bits per heavy atom. The molecule has 2 aromatic carbocycles. The fourth-order valence-corrected chi connectivity index (χ4v) is 2.75. The van der Waals surface area contributed by atoms with Gasteiger partial charge in [0, 0.05) is 13.6 Å². The molecule has 6 nitrogen and oxygen atoms in total. The molecule has 134 valence electrons. The predicted molar refractivity (Wildman–Crippen MR) is 104 cm³/mol. The summed E-state index contributed by atoms with van der Waals surface area (Å²) in [5.41, 5.74) is 3.61. The van der Waals surface area contributed by atoms with Crippen LogP contribution in [0.15, 0.2) is 72.2 Å². The molecule has 6 heteroatoms. The minimum Gasteiger partial charge on any atom is -0.352 e. The molecule has 2 N–H and O–H groups in total. The average molecular weight is 348 g/mol. The number of hydrogen-bond donors (Lipinski definition) is 2. The first-order chi connectivity index (χ1) is 12.7. The van der Waals surface area contributed by atoms with Crippen molar-refractivity contribution in [1.29, 1.82) is 0 Å². The number of aromatic nitrogens is 3. The molecule has 0 saturated heterocycles. The standard InChI is InChI=1S/C20H24N6/c1-16(19-9-4-3-5-10-19)25-20(21-2)23-12-17-7-6-8-18(11-17)13-26-15-22-14-24-26/h3-11,14-16H,12-13H2,1-2H3,(H2,21,23,25). The van der Waals surface area contributed by atoms with Crippen LogP contribution >= 0.6 is 0 Å². The van der Waals surface area contributed by atoms with Crippen LogP contribution in [0.2, 0.25) is 0 Å². The number of nitrogens with zero attached hydrogens (tertiary/aromatic N) is 4. The van der Waals surface area contributed by atoms with Crippen molar-refractivity contribution < 1.29 is 0 Å². The quantitative estimate of drug-likeness (QED) is 0.531. The monoisotopic (exact) mass is 348 g/mol. The molecule has 0 saturated carbocycles. The maximum Gasteiger partial charge on any atom is 0.191 e. The van der Waals surface area contributed by atoms with Crippen LogP contribution in [0.25, 0.3) is 0 Å². The Morgan fingerprint density at radius 1 is 1.12 bits per heavy atom. The minimum absolute atomic E-state index is 0.182. The van der Waals surface area contributed by atoms with Gasteiger partial charge >= 0.3 is 0 Å². The lowest BCUT2D eigenvalue weighted by Gasteiger charge is -2.18. The van der Waals surface area contributed by atoms with Crippen molar-refractivity contribution in [1.82, 2.24) is 25.4 Å². The Bertz CT molecular complexity index is 827. The summed E-state index contributed by atoms with van der Waals surface area (Å²) in [6.45, 7) is 3.54. The van der Waals surface area contributed by atoms with Crippen LogP contribution < -0.4 is 10.6 Å². The van der Waals surface area contributed by atoms with Gasteiger partial charge in [-0.1, -0.05) is 54.6 Å². The summed E-state index contributed by atoms with van der Waals surface area (Å²) >= 11 is 0. The lowest BCUT2D eigenvalue weighted by Crippen LogP contribution is -2.38. The topological polar surface area (TPSA) is 67.1 Å². The Labute approximate surface area is 154 Å². The molecule has 3 rings (SSSR count). The van der Waals surface area contributed by atoms with Gasteiger partial charge in [0.15, 0.2) is 5.96 Å². The van der Waals surface area contributed by atoms with E-state index in [1.54, 1.807) is 19.7 Å². The first-order valence-electron chi connectivity index (χ1n) is 8.67.